The number of benzene rings is 1. The Hall–Kier alpha value is -4.45. The molecule has 0 saturated heterocycles. The molecule has 34 heavy (non-hydrogen) atoms. The fourth-order valence-corrected chi connectivity index (χ4v) is 3.22. The number of H-pyrrole nitrogens is 1. The van der Waals surface area contributed by atoms with Crippen LogP contribution in [0.3, 0.4) is 0 Å². The Kier molecular flexibility index (Phi) is 6.41. The first-order chi connectivity index (χ1) is 16.3. The molecule has 0 aliphatic rings. The predicted molar refractivity (Wildman–Crippen MR) is 120 cm³/mol. The number of carbonyl (C=O) groups is 3. The first-order valence-electron chi connectivity index (χ1n) is 9.77. The molecule has 3 aromatic heterocycles. The minimum atomic E-state index is -1.21. The van der Waals surface area contributed by atoms with Crippen LogP contribution in [0, 0.1) is 6.01 Å². The van der Waals surface area contributed by atoms with Gasteiger partial charge in [-0.25, -0.2) is 14.8 Å². The van der Waals surface area contributed by atoms with Crippen LogP contribution in [0.2, 0.25) is 5.02 Å². The number of rotatable bonds is 7. The second kappa shape index (κ2) is 9.58. The number of aromatic amines is 1. The second-order valence-electron chi connectivity index (χ2n) is 6.96. The van der Waals surface area contributed by atoms with Gasteiger partial charge in [-0.1, -0.05) is 11.6 Å². The number of imidazole rings is 1. The molecule has 0 spiro atoms. The summed E-state index contributed by atoms with van der Waals surface area (Å²) in [4.78, 5) is 46.3. The van der Waals surface area contributed by atoms with E-state index in [1.807, 2.05) is 0 Å². The Balaban J connectivity index is 1.51. The average Bonchev–Trinajstić information content (AvgIpc) is 3.40. The summed E-state index contributed by atoms with van der Waals surface area (Å²) in [6.45, 7) is -0.0225. The molecule has 0 fully saturated rings. The maximum Gasteiger partial charge on any atom is 0.404 e. The number of carbonyl (C=O) groups excluding carboxylic acids is 2. The van der Waals surface area contributed by atoms with Crippen molar-refractivity contribution in [3.63, 3.8) is 0 Å². The third kappa shape index (κ3) is 5.30. The summed E-state index contributed by atoms with van der Waals surface area (Å²) in [5, 5.41) is 16.2. The van der Waals surface area contributed by atoms with E-state index in [1.165, 1.54) is 12.3 Å². The smallest absolute Gasteiger partial charge is 0.404 e. The van der Waals surface area contributed by atoms with Crippen molar-refractivity contribution in [2.24, 2.45) is 0 Å². The quantitative estimate of drug-likeness (QED) is 0.265. The summed E-state index contributed by atoms with van der Waals surface area (Å²) >= 11 is 6.32. The molecule has 174 valence electrons. The van der Waals surface area contributed by atoms with E-state index in [-0.39, 0.29) is 18.7 Å². The molecule has 1 aromatic carbocycles. The van der Waals surface area contributed by atoms with Crippen molar-refractivity contribution in [3.05, 3.63) is 59.4 Å². The van der Waals surface area contributed by atoms with Crippen molar-refractivity contribution in [3.8, 4) is 11.4 Å². The van der Waals surface area contributed by atoms with Crippen LogP contribution in [0.1, 0.15) is 17.0 Å². The Bertz CT molecular complexity index is 1400. The highest BCUT2D eigenvalue weighted by Crippen LogP contribution is 2.30. The number of halogens is 2. The number of nitrogens with one attached hydrogen (secondary N) is 4. The third-order valence-electron chi connectivity index (χ3n) is 4.53. The van der Waals surface area contributed by atoms with E-state index in [0.29, 0.717) is 38.9 Å². The molecule has 0 atom stereocenters. The average molecular weight is 487 g/mol. The Labute approximate surface area is 195 Å². The fraction of sp³-hybridized carbons (Fsp3) is 0.0952. The molecule has 0 saturated carbocycles. The highest BCUT2D eigenvalue weighted by Gasteiger charge is 2.15. The van der Waals surface area contributed by atoms with E-state index < -0.39 is 23.9 Å². The van der Waals surface area contributed by atoms with Gasteiger partial charge in [0.15, 0.2) is 11.4 Å². The number of hydrogen-bond donors (Lipinski definition) is 5. The SMILES string of the molecule is O=C(O)NCCC(=O)Nc1cnc2nc(-c3cc(NC(=O)c4ccc(F)o4)ccc3Cl)[nH]c2c1. The van der Waals surface area contributed by atoms with Gasteiger partial charge >= 0.3 is 6.09 Å². The predicted octanol–water partition coefficient (Wildman–Crippen LogP) is 3.86. The van der Waals surface area contributed by atoms with Crippen LogP contribution >= 0.6 is 11.6 Å². The molecule has 0 aliphatic heterocycles. The number of fused-ring (bicyclic) bond motifs is 1. The zero-order valence-corrected chi connectivity index (χ0v) is 17.9. The number of hydrogen-bond acceptors (Lipinski definition) is 6. The Morgan fingerprint density at radius 1 is 1.12 bits per heavy atom. The van der Waals surface area contributed by atoms with E-state index in [9.17, 15) is 18.8 Å². The van der Waals surface area contributed by atoms with E-state index in [1.54, 1.807) is 24.3 Å². The minimum absolute atomic E-state index is 0.0225. The zero-order chi connectivity index (χ0) is 24.2. The number of nitrogens with zero attached hydrogens (tertiary/aromatic N) is 2. The highest BCUT2D eigenvalue weighted by atomic mass is 35.5. The molecule has 3 amide bonds. The van der Waals surface area contributed by atoms with E-state index in [0.717, 1.165) is 6.07 Å². The maximum absolute atomic E-state index is 13.0. The van der Waals surface area contributed by atoms with Crippen LogP contribution in [0.5, 0.6) is 0 Å². The van der Waals surface area contributed by atoms with Crippen LogP contribution in [-0.2, 0) is 4.79 Å². The molecule has 4 aromatic rings. The maximum atomic E-state index is 13.0. The van der Waals surface area contributed by atoms with Crippen LogP contribution in [0.4, 0.5) is 20.6 Å². The molecule has 0 aliphatic carbocycles. The Morgan fingerprint density at radius 2 is 1.94 bits per heavy atom. The molecule has 11 nitrogen and oxygen atoms in total. The second-order valence-corrected chi connectivity index (χ2v) is 7.37. The Morgan fingerprint density at radius 3 is 2.68 bits per heavy atom. The summed E-state index contributed by atoms with van der Waals surface area (Å²) in [7, 11) is 0. The monoisotopic (exact) mass is 486 g/mol. The van der Waals surface area contributed by atoms with E-state index in [4.69, 9.17) is 16.7 Å². The van der Waals surface area contributed by atoms with Crippen LogP contribution in [0.25, 0.3) is 22.6 Å². The number of pyridine rings is 1. The number of aromatic nitrogens is 3. The van der Waals surface area contributed by atoms with Gasteiger partial charge < -0.3 is 30.5 Å². The molecule has 4 rings (SSSR count). The van der Waals surface area contributed by atoms with Gasteiger partial charge in [-0.3, -0.25) is 9.59 Å². The summed E-state index contributed by atoms with van der Waals surface area (Å²) in [5.74, 6) is -0.850. The summed E-state index contributed by atoms with van der Waals surface area (Å²) in [5.41, 5.74) is 2.09. The number of anilines is 2. The number of amides is 3. The first-order valence-corrected chi connectivity index (χ1v) is 10.2. The van der Waals surface area contributed by atoms with Crippen molar-refractivity contribution in [2.45, 2.75) is 6.42 Å². The fourth-order valence-electron chi connectivity index (χ4n) is 3.02. The van der Waals surface area contributed by atoms with Gasteiger partial charge in [-0.15, -0.1) is 0 Å². The molecular formula is C21H16ClFN6O5. The lowest BCUT2D eigenvalue weighted by Gasteiger charge is -2.07. The molecule has 3 heterocycles. The van der Waals surface area contributed by atoms with Gasteiger partial charge in [0.1, 0.15) is 5.82 Å². The third-order valence-corrected chi connectivity index (χ3v) is 4.86. The van der Waals surface area contributed by atoms with Crippen molar-refractivity contribution in [1.29, 1.82) is 0 Å². The molecule has 5 N–H and O–H groups in total. The van der Waals surface area contributed by atoms with E-state index >= 15 is 0 Å². The lowest BCUT2D eigenvalue weighted by atomic mass is 10.2. The lowest BCUT2D eigenvalue weighted by Crippen LogP contribution is -2.25. The number of carboxylic acid groups (broad SMARTS) is 1. The first kappa shape index (κ1) is 22.7. The number of furan rings is 1. The molecule has 13 heteroatoms. The summed E-state index contributed by atoms with van der Waals surface area (Å²) < 4.78 is 17.7. The van der Waals surface area contributed by atoms with Gasteiger partial charge in [0.05, 0.1) is 22.4 Å². The molecular weight excluding hydrogens is 471 g/mol. The highest BCUT2D eigenvalue weighted by molar-refractivity contribution is 6.33. The molecule has 0 radical (unpaired) electrons. The van der Waals surface area contributed by atoms with Gasteiger partial charge in [-0.2, -0.15) is 4.39 Å². The van der Waals surface area contributed by atoms with Crippen LogP contribution in [-0.4, -0.2) is 44.5 Å². The van der Waals surface area contributed by atoms with Crippen LogP contribution in [0.15, 0.2) is 47.0 Å². The van der Waals surface area contributed by atoms with Crippen LogP contribution < -0.4 is 16.0 Å². The lowest BCUT2D eigenvalue weighted by molar-refractivity contribution is -0.116. The van der Waals surface area contributed by atoms with Crippen molar-refractivity contribution < 1.29 is 28.3 Å². The van der Waals surface area contributed by atoms with Gasteiger partial charge in [0.2, 0.25) is 5.91 Å². The van der Waals surface area contributed by atoms with Gasteiger partial charge in [0.25, 0.3) is 11.9 Å². The molecule has 0 bridgehead atoms. The van der Waals surface area contributed by atoms with Gasteiger partial charge in [0, 0.05) is 30.3 Å². The van der Waals surface area contributed by atoms with Crippen molar-refractivity contribution in [2.75, 3.05) is 17.2 Å². The summed E-state index contributed by atoms with van der Waals surface area (Å²) in [6, 6.07) is 7.70. The zero-order valence-electron chi connectivity index (χ0n) is 17.2. The largest absolute Gasteiger partial charge is 0.465 e. The van der Waals surface area contributed by atoms with Crippen molar-refractivity contribution in [1.82, 2.24) is 20.3 Å². The standard InChI is InChI=1S/C21H16ClFN6O5/c22-13-2-1-10(27-20(31)15-3-4-16(23)34-15)7-12(13)18-28-14-8-11(9-25-19(14)29-18)26-17(30)5-6-24-21(32)33/h1-4,7-9,24H,5-6H2,(H,26,30)(H,27,31)(H,32,33)(H,25,28,29). The normalized spacial score (nSPS) is 10.8. The topological polar surface area (TPSA) is 162 Å². The summed E-state index contributed by atoms with van der Waals surface area (Å²) in [6.07, 6.45) is 0.158. The van der Waals surface area contributed by atoms with E-state index in [2.05, 4.69) is 35.3 Å². The molecule has 0 unspecified atom stereocenters. The van der Waals surface area contributed by atoms with Gasteiger partial charge in [-0.05, 0) is 30.3 Å². The minimum Gasteiger partial charge on any atom is -0.465 e. The van der Waals surface area contributed by atoms with Crippen molar-refractivity contribution >= 4 is 52.0 Å².